The molecule has 1 aromatic heterocycles. The lowest BCUT2D eigenvalue weighted by Crippen LogP contribution is -2.18. The minimum absolute atomic E-state index is 0.0604. The second kappa shape index (κ2) is 8.69. The van der Waals surface area contributed by atoms with Gasteiger partial charge in [-0.15, -0.1) is 0 Å². The molecule has 0 radical (unpaired) electrons. The van der Waals surface area contributed by atoms with Crippen LogP contribution in [0.2, 0.25) is 0 Å². The average Bonchev–Trinajstić information content (AvgIpc) is 3.22. The van der Waals surface area contributed by atoms with Gasteiger partial charge in [0.15, 0.2) is 0 Å². The minimum atomic E-state index is -0.274. The highest BCUT2D eigenvalue weighted by molar-refractivity contribution is 6.07. The Balaban J connectivity index is 1.47. The maximum Gasteiger partial charge on any atom is 0.255 e. The first kappa shape index (κ1) is 19.5. The molecule has 2 amide bonds. The van der Waals surface area contributed by atoms with Gasteiger partial charge in [0.1, 0.15) is 12.4 Å². The highest BCUT2D eigenvalue weighted by atomic mass is 16.5. The monoisotopic (exact) mass is 405 g/mol. The van der Waals surface area contributed by atoms with Crippen molar-refractivity contribution in [3.63, 3.8) is 0 Å². The number of carbonyl (C=O) groups is 2. The van der Waals surface area contributed by atoms with Crippen molar-refractivity contribution >= 4 is 28.9 Å². The van der Waals surface area contributed by atoms with Gasteiger partial charge in [-0.05, 0) is 30.3 Å². The summed E-state index contributed by atoms with van der Waals surface area (Å²) in [5.74, 6) is 0.258. The number of rotatable bonds is 6. The van der Waals surface area contributed by atoms with Crippen LogP contribution in [0.4, 0.5) is 17.1 Å². The first-order valence-corrected chi connectivity index (χ1v) is 9.74. The predicted molar refractivity (Wildman–Crippen MR) is 115 cm³/mol. The standard InChI is InChI=1S/C22H23N5O3/c1-26-10-8-21(28)24-18-14-16(6-7-19(18)26)22(29)25-17-4-2-3-5-20(17)30-13-12-27-11-9-23-15-27/h2-7,9,11,14-15H,8,10,12-13H2,1H3,(H,24,28)(H,25,29). The van der Waals surface area contributed by atoms with Crippen molar-refractivity contribution in [2.24, 2.45) is 0 Å². The third-order valence-corrected chi connectivity index (χ3v) is 4.92. The van der Waals surface area contributed by atoms with Crippen molar-refractivity contribution in [2.75, 3.05) is 35.7 Å². The van der Waals surface area contributed by atoms with E-state index in [2.05, 4.69) is 15.6 Å². The number of nitrogens with one attached hydrogen (secondary N) is 2. The van der Waals surface area contributed by atoms with Gasteiger partial charge < -0.3 is 24.8 Å². The molecule has 8 nitrogen and oxygen atoms in total. The lowest BCUT2D eigenvalue weighted by Gasteiger charge is -2.19. The SMILES string of the molecule is CN1CCC(=O)Nc2cc(C(=O)Nc3ccccc3OCCn3ccnc3)ccc21. The summed E-state index contributed by atoms with van der Waals surface area (Å²) < 4.78 is 7.77. The summed E-state index contributed by atoms with van der Waals surface area (Å²) in [6.07, 6.45) is 5.72. The molecule has 0 fully saturated rings. The van der Waals surface area contributed by atoms with Crippen LogP contribution < -0.4 is 20.3 Å². The summed E-state index contributed by atoms with van der Waals surface area (Å²) >= 11 is 0. The zero-order chi connectivity index (χ0) is 20.9. The maximum absolute atomic E-state index is 12.9. The molecule has 0 bridgehead atoms. The smallest absolute Gasteiger partial charge is 0.255 e. The summed E-state index contributed by atoms with van der Waals surface area (Å²) in [7, 11) is 1.93. The Morgan fingerprint density at radius 2 is 2.13 bits per heavy atom. The molecule has 30 heavy (non-hydrogen) atoms. The molecule has 0 saturated carbocycles. The van der Waals surface area contributed by atoms with Crippen molar-refractivity contribution in [3.05, 3.63) is 66.7 Å². The fourth-order valence-corrected chi connectivity index (χ4v) is 3.28. The highest BCUT2D eigenvalue weighted by Crippen LogP contribution is 2.30. The zero-order valence-electron chi connectivity index (χ0n) is 16.7. The number of aromatic nitrogens is 2. The first-order valence-electron chi connectivity index (χ1n) is 9.74. The number of ether oxygens (including phenoxy) is 1. The van der Waals surface area contributed by atoms with Crippen molar-refractivity contribution in [1.29, 1.82) is 0 Å². The van der Waals surface area contributed by atoms with Gasteiger partial charge in [0, 0.05) is 38.0 Å². The van der Waals surface area contributed by atoms with Gasteiger partial charge in [0.2, 0.25) is 5.91 Å². The molecule has 8 heteroatoms. The molecule has 2 aromatic carbocycles. The van der Waals surface area contributed by atoms with Crippen LogP contribution in [0.1, 0.15) is 16.8 Å². The van der Waals surface area contributed by atoms with E-state index in [0.29, 0.717) is 48.8 Å². The van der Waals surface area contributed by atoms with Crippen molar-refractivity contribution in [2.45, 2.75) is 13.0 Å². The first-order chi connectivity index (χ1) is 14.6. The van der Waals surface area contributed by atoms with Crippen molar-refractivity contribution in [1.82, 2.24) is 9.55 Å². The second-order valence-corrected chi connectivity index (χ2v) is 7.05. The van der Waals surface area contributed by atoms with E-state index in [9.17, 15) is 9.59 Å². The van der Waals surface area contributed by atoms with E-state index in [-0.39, 0.29) is 11.8 Å². The number of carbonyl (C=O) groups excluding carboxylic acids is 2. The predicted octanol–water partition coefficient (Wildman–Crippen LogP) is 2.99. The Bertz CT molecular complexity index is 1050. The highest BCUT2D eigenvalue weighted by Gasteiger charge is 2.19. The Morgan fingerprint density at radius 3 is 2.97 bits per heavy atom. The van der Waals surface area contributed by atoms with Crippen LogP contribution in [0.5, 0.6) is 5.75 Å². The third kappa shape index (κ3) is 4.43. The molecule has 0 aliphatic carbocycles. The Morgan fingerprint density at radius 1 is 1.27 bits per heavy atom. The molecule has 154 valence electrons. The van der Waals surface area contributed by atoms with Gasteiger partial charge >= 0.3 is 0 Å². The number of nitrogens with zero attached hydrogens (tertiary/aromatic N) is 3. The summed E-state index contributed by atoms with van der Waals surface area (Å²) in [5.41, 5.74) is 2.57. The fraction of sp³-hybridized carbons (Fsp3) is 0.227. The van der Waals surface area contributed by atoms with Crippen molar-refractivity contribution < 1.29 is 14.3 Å². The molecule has 2 N–H and O–H groups in total. The van der Waals surface area contributed by atoms with Crippen LogP contribution in [0, 0.1) is 0 Å². The Labute approximate surface area is 174 Å². The maximum atomic E-state index is 12.9. The molecule has 1 aliphatic heterocycles. The lowest BCUT2D eigenvalue weighted by molar-refractivity contribution is -0.115. The topological polar surface area (TPSA) is 88.5 Å². The largest absolute Gasteiger partial charge is 0.490 e. The summed E-state index contributed by atoms with van der Waals surface area (Å²) in [6, 6.07) is 12.6. The number of anilines is 3. The van der Waals surface area contributed by atoms with Crippen LogP contribution in [0.25, 0.3) is 0 Å². The van der Waals surface area contributed by atoms with Crippen LogP contribution >= 0.6 is 0 Å². The molecule has 1 aliphatic rings. The van der Waals surface area contributed by atoms with E-state index in [4.69, 9.17) is 4.74 Å². The van der Waals surface area contributed by atoms with Gasteiger partial charge in [-0.3, -0.25) is 9.59 Å². The molecule has 3 aromatic rings. The van der Waals surface area contributed by atoms with E-state index >= 15 is 0 Å². The molecule has 0 unspecified atom stereocenters. The number of benzene rings is 2. The number of hydrogen-bond donors (Lipinski definition) is 2. The number of amides is 2. The fourth-order valence-electron chi connectivity index (χ4n) is 3.28. The van der Waals surface area contributed by atoms with E-state index in [1.165, 1.54) is 0 Å². The zero-order valence-corrected chi connectivity index (χ0v) is 16.7. The third-order valence-electron chi connectivity index (χ3n) is 4.92. The van der Waals surface area contributed by atoms with Crippen LogP contribution in [-0.2, 0) is 11.3 Å². The van der Waals surface area contributed by atoms with Crippen LogP contribution in [-0.4, -0.2) is 41.6 Å². The molecule has 2 heterocycles. The van der Waals surface area contributed by atoms with Gasteiger partial charge in [-0.2, -0.15) is 0 Å². The molecular formula is C22H23N5O3. The normalized spacial score (nSPS) is 13.2. The van der Waals surface area contributed by atoms with Gasteiger partial charge in [0.25, 0.3) is 5.91 Å². The summed E-state index contributed by atoms with van der Waals surface area (Å²) in [6.45, 7) is 1.73. The van der Waals surface area contributed by atoms with Crippen LogP contribution in [0.3, 0.4) is 0 Å². The number of fused-ring (bicyclic) bond motifs is 1. The molecule has 0 atom stereocenters. The van der Waals surface area contributed by atoms with Gasteiger partial charge in [-0.25, -0.2) is 4.98 Å². The molecule has 4 rings (SSSR count). The van der Waals surface area contributed by atoms with E-state index in [1.807, 2.05) is 47.0 Å². The number of imidazole rings is 1. The Hall–Kier alpha value is -3.81. The summed E-state index contributed by atoms with van der Waals surface area (Å²) in [5, 5.41) is 5.78. The Kier molecular flexibility index (Phi) is 5.65. The number of hydrogen-bond acceptors (Lipinski definition) is 5. The number of para-hydroxylation sites is 2. The molecule has 0 spiro atoms. The van der Waals surface area contributed by atoms with Gasteiger partial charge in [0.05, 0.1) is 29.9 Å². The quantitative estimate of drug-likeness (QED) is 0.658. The lowest BCUT2D eigenvalue weighted by atomic mass is 10.1. The average molecular weight is 405 g/mol. The molecular weight excluding hydrogens is 382 g/mol. The van der Waals surface area contributed by atoms with E-state index in [1.54, 1.807) is 30.7 Å². The minimum Gasteiger partial charge on any atom is -0.490 e. The second-order valence-electron chi connectivity index (χ2n) is 7.05. The van der Waals surface area contributed by atoms with E-state index in [0.717, 1.165) is 5.69 Å². The van der Waals surface area contributed by atoms with Gasteiger partial charge in [-0.1, -0.05) is 12.1 Å². The van der Waals surface area contributed by atoms with Crippen molar-refractivity contribution in [3.8, 4) is 5.75 Å². The van der Waals surface area contributed by atoms with E-state index < -0.39 is 0 Å². The summed E-state index contributed by atoms with van der Waals surface area (Å²) in [4.78, 5) is 30.8. The molecule has 0 saturated heterocycles. The van der Waals surface area contributed by atoms with Crippen LogP contribution in [0.15, 0.2) is 61.2 Å².